The standard InChI is InChI=1S/C18H25N3O/c1-18(2,3)16-17(22-12-13-8-10-19-11-9-13)21-15-7-5-4-6-14(15)20-16/h4-7,13,19H,8-12H2,1-3H3. The molecule has 3 rings (SSSR count). The maximum Gasteiger partial charge on any atom is 0.236 e. The van der Waals surface area contributed by atoms with E-state index in [9.17, 15) is 0 Å². The van der Waals surface area contributed by atoms with Crippen molar-refractivity contribution in [1.82, 2.24) is 15.3 Å². The Kier molecular flexibility index (Phi) is 4.30. The first-order valence-corrected chi connectivity index (χ1v) is 8.15. The number of fused-ring (bicyclic) bond motifs is 1. The van der Waals surface area contributed by atoms with Crippen LogP contribution in [0.25, 0.3) is 11.0 Å². The fourth-order valence-corrected chi connectivity index (χ4v) is 2.82. The Morgan fingerprint density at radius 1 is 1.09 bits per heavy atom. The molecular formula is C18H25N3O. The van der Waals surface area contributed by atoms with Crippen LogP contribution in [-0.2, 0) is 5.41 Å². The third-order valence-electron chi connectivity index (χ3n) is 4.16. The van der Waals surface area contributed by atoms with Crippen LogP contribution >= 0.6 is 0 Å². The van der Waals surface area contributed by atoms with Crippen molar-refractivity contribution in [2.45, 2.75) is 39.0 Å². The zero-order valence-electron chi connectivity index (χ0n) is 13.7. The largest absolute Gasteiger partial charge is 0.476 e. The smallest absolute Gasteiger partial charge is 0.236 e. The Morgan fingerprint density at radius 2 is 1.73 bits per heavy atom. The number of nitrogens with one attached hydrogen (secondary N) is 1. The van der Waals surface area contributed by atoms with Gasteiger partial charge in [-0.05, 0) is 44.0 Å². The van der Waals surface area contributed by atoms with E-state index >= 15 is 0 Å². The zero-order chi connectivity index (χ0) is 15.6. The van der Waals surface area contributed by atoms with E-state index in [1.54, 1.807) is 0 Å². The average molecular weight is 299 g/mol. The van der Waals surface area contributed by atoms with Crippen molar-refractivity contribution in [2.75, 3.05) is 19.7 Å². The number of nitrogens with zero attached hydrogens (tertiary/aromatic N) is 2. The number of aromatic nitrogens is 2. The van der Waals surface area contributed by atoms with Crippen molar-refractivity contribution in [3.05, 3.63) is 30.0 Å². The second-order valence-electron chi connectivity index (χ2n) is 7.12. The fourth-order valence-electron chi connectivity index (χ4n) is 2.82. The molecule has 1 fully saturated rings. The Morgan fingerprint density at radius 3 is 2.36 bits per heavy atom. The fraction of sp³-hybridized carbons (Fsp3) is 0.556. The summed E-state index contributed by atoms with van der Waals surface area (Å²) in [6, 6.07) is 7.99. The summed E-state index contributed by atoms with van der Waals surface area (Å²) in [7, 11) is 0. The molecule has 0 bridgehead atoms. The van der Waals surface area contributed by atoms with Crippen LogP contribution in [0.3, 0.4) is 0 Å². The van der Waals surface area contributed by atoms with Gasteiger partial charge in [-0.3, -0.25) is 0 Å². The molecule has 0 unspecified atom stereocenters. The van der Waals surface area contributed by atoms with Crippen molar-refractivity contribution in [2.24, 2.45) is 5.92 Å². The molecule has 1 aromatic heterocycles. The van der Waals surface area contributed by atoms with Gasteiger partial charge in [-0.1, -0.05) is 32.9 Å². The summed E-state index contributed by atoms with van der Waals surface area (Å²) < 4.78 is 6.11. The van der Waals surface area contributed by atoms with E-state index in [0.29, 0.717) is 11.8 Å². The first-order valence-electron chi connectivity index (χ1n) is 8.15. The van der Waals surface area contributed by atoms with Gasteiger partial charge in [0.25, 0.3) is 0 Å². The van der Waals surface area contributed by atoms with Gasteiger partial charge in [0.05, 0.1) is 17.6 Å². The highest BCUT2D eigenvalue weighted by Gasteiger charge is 2.24. The quantitative estimate of drug-likeness (QED) is 0.944. The van der Waals surface area contributed by atoms with Crippen LogP contribution in [0.1, 0.15) is 39.3 Å². The third kappa shape index (κ3) is 3.38. The molecule has 1 aliphatic heterocycles. The summed E-state index contributed by atoms with van der Waals surface area (Å²) in [6.45, 7) is 9.38. The molecular weight excluding hydrogens is 274 g/mol. The van der Waals surface area contributed by atoms with Crippen LogP contribution in [0.15, 0.2) is 24.3 Å². The average Bonchev–Trinajstić information content (AvgIpc) is 2.52. The number of hydrogen-bond acceptors (Lipinski definition) is 4. The number of ether oxygens (including phenoxy) is 1. The lowest BCUT2D eigenvalue weighted by Gasteiger charge is -2.25. The minimum atomic E-state index is -0.0829. The Labute approximate surface area is 132 Å². The monoisotopic (exact) mass is 299 g/mol. The van der Waals surface area contributed by atoms with Crippen molar-refractivity contribution >= 4 is 11.0 Å². The number of para-hydroxylation sites is 2. The normalized spacial score (nSPS) is 16.9. The predicted octanol–water partition coefficient (Wildman–Crippen LogP) is 3.31. The first kappa shape index (κ1) is 15.2. The maximum absolute atomic E-state index is 6.11. The van der Waals surface area contributed by atoms with Crippen LogP contribution in [0.2, 0.25) is 0 Å². The van der Waals surface area contributed by atoms with Crippen molar-refractivity contribution in [1.29, 1.82) is 0 Å². The summed E-state index contributed by atoms with van der Waals surface area (Å²) in [5.74, 6) is 1.31. The molecule has 1 aliphatic rings. The third-order valence-corrected chi connectivity index (χ3v) is 4.16. The Bertz CT molecular complexity index is 642. The van der Waals surface area contributed by atoms with Crippen LogP contribution in [0.5, 0.6) is 5.88 Å². The van der Waals surface area contributed by atoms with Gasteiger partial charge in [0.2, 0.25) is 5.88 Å². The minimum absolute atomic E-state index is 0.0829. The van der Waals surface area contributed by atoms with Crippen molar-refractivity contribution in [3.63, 3.8) is 0 Å². The second-order valence-corrected chi connectivity index (χ2v) is 7.12. The van der Waals surface area contributed by atoms with Gasteiger partial charge in [-0.15, -0.1) is 0 Å². The summed E-state index contributed by atoms with van der Waals surface area (Å²) >= 11 is 0. The molecule has 0 saturated carbocycles. The lowest BCUT2D eigenvalue weighted by Crippen LogP contribution is -2.31. The SMILES string of the molecule is CC(C)(C)c1nc2ccccc2nc1OCC1CCNCC1. The van der Waals surface area contributed by atoms with Gasteiger partial charge in [-0.25, -0.2) is 9.97 Å². The van der Waals surface area contributed by atoms with Gasteiger partial charge >= 0.3 is 0 Å². The minimum Gasteiger partial charge on any atom is -0.476 e. The van der Waals surface area contributed by atoms with E-state index in [4.69, 9.17) is 14.7 Å². The molecule has 4 nitrogen and oxygen atoms in total. The van der Waals surface area contributed by atoms with Gasteiger partial charge in [-0.2, -0.15) is 0 Å². The van der Waals surface area contributed by atoms with Crippen LogP contribution in [0, 0.1) is 5.92 Å². The second kappa shape index (κ2) is 6.21. The first-order chi connectivity index (χ1) is 10.5. The summed E-state index contributed by atoms with van der Waals surface area (Å²) in [6.07, 6.45) is 2.34. The highest BCUT2D eigenvalue weighted by Crippen LogP contribution is 2.30. The van der Waals surface area contributed by atoms with E-state index in [1.165, 1.54) is 12.8 Å². The van der Waals surface area contributed by atoms with E-state index < -0.39 is 0 Å². The van der Waals surface area contributed by atoms with Gasteiger partial charge in [0.15, 0.2) is 0 Å². The van der Waals surface area contributed by atoms with E-state index in [-0.39, 0.29) is 5.41 Å². The predicted molar refractivity (Wildman–Crippen MR) is 89.3 cm³/mol. The lowest BCUT2D eigenvalue weighted by molar-refractivity contribution is 0.204. The molecule has 1 saturated heterocycles. The summed E-state index contributed by atoms with van der Waals surface area (Å²) in [5, 5.41) is 3.39. The van der Waals surface area contributed by atoms with E-state index in [2.05, 4.69) is 26.1 Å². The van der Waals surface area contributed by atoms with Gasteiger partial charge in [0.1, 0.15) is 5.69 Å². The molecule has 2 aromatic rings. The lowest BCUT2D eigenvalue weighted by atomic mass is 9.92. The summed E-state index contributed by atoms with van der Waals surface area (Å²) in [4.78, 5) is 9.54. The topological polar surface area (TPSA) is 47.0 Å². The Balaban J connectivity index is 1.88. The van der Waals surface area contributed by atoms with Gasteiger partial charge < -0.3 is 10.1 Å². The van der Waals surface area contributed by atoms with Crippen LogP contribution < -0.4 is 10.1 Å². The van der Waals surface area contributed by atoms with E-state index in [1.807, 2.05) is 24.3 Å². The number of piperidine rings is 1. The molecule has 1 N–H and O–H groups in total. The number of hydrogen-bond donors (Lipinski definition) is 1. The van der Waals surface area contributed by atoms with Crippen molar-refractivity contribution < 1.29 is 4.74 Å². The molecule has 0 radical (unpaired) electrons. The molecule has 0 aliphatic carbocycles. The number of benzene rings is 1. The zero-order valence-corrected chi connectivity index (χ0v) is 13.7. The molecule has 1 aromatic carbocycles. The van der Waals surface area contributed by atoms with Crippen LogP contribution in [-0.4, -0.2) is 29.7 Å². The molecule has 0 spiro atoms. The van der Waals surface area contributed by atoms with E-state index in [0.717, 1.165) is 36.4 Å². The van der Waals surface area contributed by atoms with Crippen molar-refractivity contribution in [3.8, 4) is 5.88 Å². The van der Waals surface area contributed by atoms with Gasteiger partial charge in [0, 0.05) is 5.41 Å². The molecule has 118 valence electrons. The Hall–Kier alpha value is -1.68. The maximum atomic E-state index is 6.11. The molecule has 0 atom stereocenters. The molecule has 2 heterocycles. The summed E-state index contributed by atoms with van der Waals surface area (Å²) in [5.41, 5.74) is 2.69. The molecule has 4 heteroatoms. The highest BCUT2D eigenvalue weighted by atomic mass is 16.5. The highest BCUT2D eigenvalue weighted by molar-refractivity contribution is 5.75. The molecule has 0 amide bonds. The number of rotatable bonds is 3. The molecule has 22 heavy (non-hydrogen) atoms. The van der Waals surface area contributed by atoms with Crippen LogP contribution in [0.4, 0.5) is 0 Å².